The lowest BCUT2D eigenvalue weighted by atomic mass is 10.2. The van der Waals surface area contributed by atoms with E-state index in [2.05, 4.69) is 16.8 Å². The maximum absolute atomic E-state index is 8.97. The van der Waals surface area contributed by atoms with Crippen molar-refractivity contribution in [2.45, 2.75) is 6.61 Å². The lowest BCUT2D eigenvalue weighted by molar-refractivity contribution is 0.304. The fraction of sp³-hybridized carbons (Fsp3) is 0.125. The minimum atomic E-state index is -0.199. The number of aliphatic hydroxyl groups excluding tert-OH is 1. The van der Waals surface area contributed by atoms with Crippen LogP contribution in [0.5, 0.6) is 5.75 Å². The molecule has 0 bridgehead atoms. The molecule has 20 heavy (non-hydrogen) atoms. The Labute approximate surface area is 117 Å². The lowest BCUT2D eigenvalue weighted by Gasteiger charge is -2.08. The molecule has 0 saturated heterocycles. The maximum atomic E-state index is 8.97. The maximum Gasteiger partial charge on any atom is 0.147 e. The normalized spacial score (nSPS) is 9.20. The smallest absolute Gasteiger partial charge is 0.147 e. The van der Waals surface area contributed by atoms with Crippen molar-refractivity contribution in [3.63, 3.8) is 0 Å². The van der Waals surface area contributed by atoms with Gasteiger partial charge in [0, 0.05) is 11.8 Å². The fourth-order valence-electron chi connectivity index (χ4n) is 1.64. The Morgan fingerprint density at radius 1 is 1.20 bits per heavy atom. The number of para-hydroxylation sites is 1. The van der Waals surface area contributed by atoms with E-state index in [1.807, 2.05) is 24.3 Å². The van der Waals surface area contributed by atoms with Crippen molar-refractivity contribution < 1.29 is 9.84 Å². The summed E-state index contributed by atoms with van der Waals surface area (Å²) in [7, 11) is 0. The molecule has 2 rings (SSSR count). The zero-order valence-corrected chi connectivity index (χ0v) is 10.7. The molecule has 1 aromatic heterocycles. The molecular weight excluding hydrogens is 252 g/mol. The first-order valence-corrected chi connectivity index (χ1v) is 6.00. The highest BCUT2D eigenvalue weighted by molar-refractivity contribution is 5.46. The summed E-state index contributed by atoms with van der Waals surface area (Å²) in [6, 6.07) is 12.9. The van der Waals surface area contributed by atoms with Gasteiger partial charge in [0.05, 0.1) is 5.56 Å². The van der Waals surface area contributed by atoms with Gasteiger partial charge in [0.2, 0.25) is 0 Å². The molecule has 0 atom stereocenters. The van der Waals surface area contributed by atoms with Gasteiger partial charge in [-0.25, -0.2) is 4.98 Å². The van der Waals surface area contributed by atoms with Gasteiger partial charge in [-0.2, -0.15) is 5.26 Å². The number of pyridine rings is 1. The molecule has 0 radical (unpaired) electrons. The van der Waals surface area contributed by atoms with Crippen LogP contribution in [-0.2, 0) is 6.61 Å². The Bertz CT molecular complexity index is 693. The lowest BCUT2D eigenvalue weighted by Crippen LogP contribution is -2.01. The molecule has 0 unspecified atom stereocenters. The monoisotopic (exact) mass is 264 g/mol. The molecule has 0 saturated carbocycles. The molecule has 2 aromatic rings. The van der Waals surface area contributed by atoms with Gasteiger partial charge < -0.3 is 9.84 Å². The largest absolute Gasteiger partial charge is 0.487 e. The van der Waals surface area contributed by atoms with E-state index in [4.69, 9.17) is 15.1 Å². The average Bonchev–Trinajstić information content (AvgIpc) is 2.52. The third kappa shape index (κ3) is 3.35. The summed E-state index contributed by atoms with van der Waals surface area (Å²) in [5.74, 6) is 6.02. The first-order valence-electron chi connectivity index (χ1n) is 6.00. The predicted octanol–water partition coefficient (Wildman–Crippen LogP) is 1.88. The minimum absolute atomic E-state index is 0.199. The van der Waals surface area contributed by atoms with Crippen LogP contribution in [0.25, 0.3) is 0 Å². The van der Waals surface area contributed by atoms with Crippen LogP contribution in [0.15, 0.2) is 42.6 Å². The molecule has 0 fully saturated rings. The number of nitrogens with zero attached hydrogens (tertiary/aromatic N) is 2. The van der Waals surface area contributed by atoms with E-state index in [1.54, 1.807) is 24.4 Å². The van der Waals surface area contributed by atoms with Gasteiger partial charge in [0.1, 0.15) is 30.7 Å². The summed E-state index contributed by atoms with van der Waals surface area (Å²) in [6.45, 7) is 0.0457. The second-order valence-electron chi connectivity index (χ2n) is 3.87. The first kappa shape index (κ1) is 13.6. The molecule has 4 nitrogen and oxygen atoms in total. The minimum Gasteiger partial charge on any atom is -0.487 e. The van der Waals surface area contributed by atoms with Gasteiger partial charge in [0.15, 0.2) is 0 Å². The van der Waals surface area contributed by atoms with Crippen LogP contribution in [0.4, 0.5) is 0 Å². The SMILES string of the molecule is N#Cc1ncccc1COc1ccccc1C#CCO. The van der Waals surface area contributed by atoms with Crippen molar-refractivity contribution >= 4 is 0 Å². The number of rotatable bonds is 3. The van der Waals surface area contributed by atoms with Crippen molar-refractivity contribution in [2.75, 3.05) is 6.61 Å². The Hall–Kier alpha value is -2.82. The molecule has 1 heterocycles. The van der Waals surface area contributed by atoms with Crippen molar-refractivity contribution in [1.82, 2.24) is 4.98 Å². The van der Waals surface area contributed by atoms with Crippen LogP contribution in [0, 0.1) is 23.2 Å². The molecule has 1 aromatic carbocycles. The molecule has 0 amide bonds. The van der Waals surface area contributed by atoms with Gasteiger partial charge in [0.25, 0.3) is 0 Å². The van der Waals surface area contributed by atoms with E-state index in [0.717, 1.165) is 5.56 Å². The zero-order valence-electron chi connectivity index (χ0n) is 10.7. The number of ether oxygens (including phenoxy) is 1. The molecular formula is C16H12N2O2. The Balaban J connectivity index is 2.17. The van der Waals surface area contributed by atoms with Gasteiger partial charge in [-0.3, -0.25) is 0 Å². The van der Waals surface area contributed by atoms with E-state index in [9.17, 15) is 0 Å². The number of aliphatic hydroxyl groups is 1. The topological polar surface area (TPSA) is 66.1 Å². The predicted molar refractivity (Wildman–Crippen MR) is 73.7 cm³/mol. The van der Waals surface area contributed by atoms with Gasteiger partial charge in [-0.15, -0.1) is 0 Å². The fourth-order valence-corrected chi connectivity index (χ4v) is 1.64. The zero-order chi connectivity index (χ0) is 14.2. The summed E-state index contributed by atoms with van der Waals surface area (Å²) in [5.41, 5.74) is 1.77. The first-order chi connectivity index (χ1) is 9.85. The molecule has 4 heteroatoms. The number of hydrogen-bond donors (Lipinski definition) is 1. The third-order valence-electron chi connectivity index (χ3n) is 2.57. The molecule has 98 valence electrons. The van der Waals surface area contributed by atoms with Gasteiger partial charge >= 0.3 is 0 Å². The molecule has 0 aliphatic heterocycles. The number of nitriles is 1. The van der Waals surface area contributed by atoms with Crippen LogP contribution in [-0.4, -0.2) is 16.7 Å². The second kappa shape index (κ2) is 6.94. The van der Waals surface area contributed by atoms with E-state index in [-0.39, 0.29) is 13.2 Å². The highest BCUT2D eigenvalue weighted by Crippen LogP contribution is 2.18. The van der Waals surface area contributed by atoms with Crippen LogP contribution in [0.3, 0.4) is 0 Å². The standard InChI is InChI=1S/C16H12N2O2/c17-11-15-14(6-3-9-18-15)12-20-16-8-2-1-5-13(16)7-4-10-19/h1-3,5-6,8-9,19H,10,12H2. The van der Waals surface area contributed by atoms with Crippen LogP contribution in [0.2, 0.25) is 0 Å². The Kier molecular flexibility index (Phi) is 4.72. The number of aromatic nitrogens is 1. The summed E-state index contributed by atoms with van der Waals surface area (Å²) >= 11 is 0. The molecule has 0 spiro atoms. The molecule has 0 aliphatic rings. The van der Waals surface area contributed by atoms with Crippen LogP contribution >= 0.6 is 0 Å². The quantitative estimate of drug-likeness (QED) is 0.859. The van der Waals surface area contributed by atoms with Crippen molar-refractivity contribution in [1.29, 1.82) is 5.26 Å². The van der Waals surface area contributed by atoms with Crippen LogP contribution in [0.1, 0.15) is 16.8 Å². The van der Waals surface area contributed by atoms with Gasteiger partial charge in [-0.05, 0) is 18.2 Å². The summed E-state index contributed by atoms with van der Waals surface area (Å²) in [5, 5.41) is 17.7. The van der Waals surface area contributed by atoms with E-state index in [0.29, 0.717) is 17.0 Å². The number of benzene rings is 1. The van der Waals surface area contributed by atoms with E-state index in [1.165, 1.54) is 0 Å². The van der Waals surface area contributed by atoms with Crippen molar-refractivity contribution in [3.8, 4) is 23.7 Å². The second-order valence-corrected chi connectivity index (χ2v) is 3.87. The van der Waals surface area contributed by atoms with E-state index < -0.39 is 0 Å². The molecule has 1 N–H and O–H groups in total. The summed E-state index contributed by atoms with van der Waals surface area (Å²) < 4.78 is 5.69. The average molecular weight is 264 g/mol. The number of hydrogen-bond acceptors (Lipinski definition) is 4. The third-order valence-corrected chi connectivity index (χ3v) is 2.57. The van der Waals surface area contributed by atoms with E-state index >= 15 is 0 Å². The van der Waals surface area contributed by atoms with Gasteiger partial charge in [-0.1, -0.05) is 30.0 Å². The highest BCUT2D eigenvalue weighted by atomic mass is 16.5. The van der Waals surface area contributed by atoms with Crippen molar-refractivity contribution in [3.05, 3.63) is 59.4 Å². The van der Waals surface area contributed by atoms with Crippen molar-refractivity contribution in [2.24, 2.45) is 0 Å². The Morgan fingerprint density at radius 2 is 2.05 bits per heavy atom. The van der Waals surface area contributed by atoms with Crippen LogP contribution < -0.4 is 4.74 Å². The highest BCUT2D eigenvalue weighted by Gasteiger charge is 2.05. The Morgan fingerprint density at radius 3 is 2.85 bits per heavy atom. The summed E-state index contributed by atoms with van der Waals surface area (Å²) in [4.78, 5) is 3.98. The summed E-state index contributed by atoms with van der Waals surface area (Å²) in [6.07, 6.45) is 1.57. The molecule has 0 aliphatic carbocycles.